The van der Waals surface area contributed by atoms with E-state index in [9.17, 15) is 0 Å². The zero-order valence-electron chi connectivity index (χ0n) is 7.23. The molecule has 0 unspecified atom stereocenters. The highest BCUT2D eigenvalue weighted by Gasteiger charge is 2.49. The van der Waals surface area contributed by atoms with E-state index in [0.717, 1.165) is 12.8 Å². The third-order valence-electron chi connectivity index (χ3n) is 2.28. The lowest BCUT2D eigenvalue weighted by Crippen LogP contribution is -2.33. The van der Waals surface area contributed by atoms with Crippen molar-refractivity contribution in [3.63, 3.8) is 0 Å². The number of halogens is 1. The van der Waals surface area contributed by atoms with E-state index in [0.29, 0.717) is 23.4 Å². The fraction of sp³-hybridized carbons (Fsp3) is 0.750. The zero-order valence-corrected chi connectivity index (χ0v) is 8.82. The van der Waals surface area contributed by atoms with Crippen LogP contribution in [0.1, 0.15) is 19.8 Å². The largest absolute Gasteiger partial charge is 0.387 e. The number of nitrogens with two attached hydrogens (primary N) is 1. The number of aliphatic imine (C=N–C) groups is 1. The van der Waals surface area contributed by atoms with Gasteiger partial charge in [0, 0.05) is 17.6 Å². The zero-order chi connectivity index (χ0) is 9.19. The van der Waals surface area contributed by atoms with E-state index in [2.05, 4.69) is 20.9 Å². The molecular weight excluding hydrogens is 218 g/mol. The van der Waals surface area contributed by atoms with E-state index in [-0.39, 0.29) is 5.41 Å². The Bertz CT molecular complexity index is 218. The Morgan fingerprint density at radius 2 is 2.25 bits per heavy atom. The van der Waals surface area contributed by atoms with Gasteiger partial charge in [-0.25, -0.2) is 0 Å². The molecule has 1 aliphatic rings. The van der Waals surface area contributed by atoms with E-state index in [1.54, 1.807) is 0 Å². The quantitative estimate of drug-likeness (QED) is 0.431. The minimum absolute atomic E-state index is 0.167. The lowest BCUT2D eigenvalue weighted by molar-refractivity contribution is 0.926. The average molecular weight is 232 g/mol. The van der Waals surface area contributed by atoms with Crippen LogP contribution in [0.4, 0.5) is 0 Å². The van der Waals surface area contributed by atoms with E-state index >= 15 is 0 Å². The van der Waals surface area contributed by atoms with Gasteiger partial charge in [-0.05, 0) is 19.8 Å². The topological polar surface area (TPSA) is 62.2 Å². The van der Waals surface area contributed by atoms with Gasteiger partial charge in [0.1, 0.15) is 5.84 Å². The van der Waals surface area contributed by atoms with Crippen LogP contribution in [-0.4, -0.2) is 23.4 Å². The minimum atomic E-state index is -0.167. The molecule has 0 atom stereocenters. The summed E-state index contributed by atoms with van der Waals surface area (Å²) >= 11 is 3.27. The van der Waals surface area contributed by atoms with Gasteiger partial charge in [0.15, 0.2) is 0 Å². The molecule has 3 N–H and O–H groups in total. The molecule has 0 aromatic heterocycles. The van der Waals surface area contributed by atoms with Gasteiger partial charge in [-0.1, -0.05) is 15.9 Å². The molecule has 1 fully saturated rings. The summed E-state index contributed by atoms with van der Waals surface area (Å²) < 4.78 is 0. The maximum Gasteiger partial charge on any atom is 0.106 e. The molecule has 0 heterocycles. The highest BCUT2D eigenvalue weighted by molar-refractivity contribution is 9.09. The molecule has 0 aliphatic heterocycles. The Balaban J connectivity index is 2.72. The third-order valence-corrected chi connectivity index (χ3v) is 2.84. The molecule has 0 saturated heterocycles. The summed E-state index contributed by atoms with van der Waals surface area (Å²) in [6, 6.07) is 0. The van der Waals surface area contributed by atoms with Gasteiger partial charge in [0.2, 0.25) is 0 Å². The second-order valence-corrected chi connectivity index (χ2v) is 3.61. The average Bonchev–Trinajstić information content (AvgIpc) is 2.84. The van der Waals surface area contributed by atoms with Crippen molar-refractivity contribution in [3.05, 3.63) is 0 Å². The monoisotopic (exact) mass is 231 g/mol. The first kappa shape index (κ1) is 9.71. The maximum atomic E-state index is 7.70. The molecule has 68 valence electrons. The Labute approximate surface area is 81.1 Å². The first-order valence-electron chi connectivity index (χ1n) is 4.11. The second-order valence-electron chi connectivity index (χ2n) is 3.05. The highest BCUT2D eigenvalue weighted by atomic mass is 79.9. The smallest absolute Gasteiger partial charge is 0.106 e. The number of amidine groups is 1. The minimum Gasteiger partial charge on any atom is -0.387 e. The number of alkyl halides is 1. The Morgan fingerprint density at radius 1 is 1.67 bits per heavy atom. The summed E-state index contributed by atoms with van der Waals surface area (Å²) in [4.78, 5) is 4.16. The van der Waals surface area contributed by atoms with Crippen LogP contribution in [0.2, 0.25) is 0 Å². The van der Waals surface area contributed by atoms with E-state index in [4.69, 9.17) is 11.1 Å². The molecule has 0 aromatic rings. The Morgan fingerprint density at radius 3 is 2.58 bits per heavy atom. The predicted molar refractivity (Wildman–Crippen MR) is 55.4 cm³/mol. The fourth-order valence-electron chi connectivity index (χ4n) is 1.29. The second kappa shape index (κ2) is 3.56. The van der Waals surface area contributed by atoms with Crippen molar-refractivity contribution in [1.29, 1.82) is 5.41 Å². The van der Waals surface area contributed by atoms with Crippen molar-refractivity contribution >= 4 is 27.5 Å². The summed E-state index contributed by atoms with van der Waals surface area (Å²) in [7, 11) is 0. The number of rotatable bonds is 4. The number of hydrogen-bond acceptors (Lipinski definition) is 2. The van der Waals surface area contributed by atoms with Crippen LogP contribution in [0.15, 0.2) is 4.99 Å². The van der Waals surface area contributed by atoms with Crippen molar-refractivity contribution < 1.29 is 0 Å². The molecule has 0 aromatic carbocycles. The number of nitrogens with one attached hydrogen (secondary N) is 1. The first-order chi connectivity index (χ1) is 5.67. The molecule has 0 amide bonds. The summed E-state index contributed by atoms with van der Waals surface area (Å²) in [5.74, 6) is 0.648. The Hall–Kier alpha value is -0.380. The first-order valence-corrected chi connectivity index (χ1v) is 5.24. The summed E-state index contributed by atoms with van der Waals surface area (Å²) in [6.45, 7) is 2.67. The van der Waals surface area contributed by atoms with E-state index < -0.39 is 0 Å². The molecule has 0 radical (unpaired) electrons. The molecule has 0 spiro atoms. The normalized spacial score (nSPS) is 20.7. The molecule has 0 bridgehead atoms. The van der Waals surface area contributed by atoms with E-state index in [1.807, 2.05) is 6.92 Å². The molecular formula is C8H14BrN3. The molecule has 1 rings (SSSR count). The molecule has 3 nitrogen and oxygen atoms in total. The van der Waals surface area contributed by atoms with Crippen molar-refractivity contribution in [2.75, 3.05) is 11.9 Å². The van der Waals surface area contributed by atoms with Gasteiger partial charge < -0.3 is 11.1 Å². The van der Waals surface area contributed by atoms with Gasteiger partial charge >= 0.3 is 0 Å². The lowest BCUT2D eigenvalue weighted by atomic mass is 10.0. The number of nitrogens with zero attached hydrogens (tertiary/aromatic N) is 1. The number of hydrogen-bond donors (Lipinski definition) is 2. The predicted octanol–water partition coefficient (Wildman–Crippen LogP) is 1.56. The molecule has 1 saturated carbocycles. The Kier molecular flexibility index (Phi) is 2.88. The van der Waals surface area contributed by atoms with Gasteiger partial charge in [0.05, 0.1) is 5.41 Å². The third kappa shape index (κ3) is 1.53. The van der Waals surface area contributed by atoms with Crippen LogP contribution in [0.25, 0.3) is 0 Å². The molecule has 12 heavy (non-hydrogen) atoms. The SMILES string of the molecule is CCN=C(N)C1(C(=N)CBr)CC1. The maximum absolute atomic E-state index is 7.70. The standard InChI is InChI=1S/C8H14BrN3/c1-2-12-7(11)8(3-4-8)6(10)5-9/h10H,2-5H2,1H3,(H2,11,12). The summed E-state index contributed by atoms with van der Waals surface area (Å²) in [6.07, 6.45) is 1.99. The van der Waals surface area contributed by atoms with Gasteiger partial charge in [-0.3, -0.25) is 4.99 Å². The van der Waals surface area contributed by atoms with Gasteiger partial charge in [-0.15, -0.1) is 0 Å². The van der Waals surface area contributed by atoms with Crippen LogP contribution in [0, 0.1) is 10.8 Å². The molecule has 4 heteroatoms. The fourth-order valence-corrected chi connectivity index (χ4v) is 1.82. The van der Waals surface area contributed by atoms with Gasteiger partial charge in [0.25, 0.3) is 0 Å². The van der Waals surface area contributed by atoms with Crippen molar-refractivity contribution in [2.45, 2.75) is 19.8 Å². The van der Waals surface area contributed by atoms with Crippen molar-refractivity contribution in [3.8, 4) is 0 Å². The summed E-state index contributed by atoms with van der Waals surface area (Å²) in [5, 5.41) is 8.31. The van der Waals surface area contributed by atoms with Crippen LogP contribution < -0.4 is 5.73 Å². The molecule has 1 aliphatic carbocycles. The highest BCUT2D eigenvalue weighted by Crippen LogP contribution is 2.47. The van der Waals surface area contributed by atoms with Crippen LogP contribution in [0.3, 0.4) is 0 Å². The van der Waals surface area contributed by atoms with Crippen LogP contribution in [0.5, 0.6) is 0 Å². The van der Waals surface area contributed by atoms with Crippen molar-refractivity contribution in [1.82, 2.24) is 0 Å². The van der Waals surface area contributed by atoms with Crippen LogP contribution >= 0.6 is 15.9 Å². The van der Waals surface area contributed by atoms with E-state index in [1.165, 1.54) is 0 Å². The van der Waals surface area contributed by atoms with Gasteiger partial charge in [-0.2, -0.15) is 0 Å². The lowest BCUT2D eigenvalue weighted by Gasteiger charge is -2.13. The summed E-state index contributed by atoms with van der Waals surface area (Å²) in [5.41, 5.74) is 6.29. The van der Waals surface area contributed by atoms with Crippen molar-refractivity contribution in [2.24, 2.45) is 16.1 Å². The van der Waals surface area contributed by atoms with Crippen LogP contribution in [-0.2, 0) is 0 Å².